The molecule has 2 aromatic heterocycles. The third-order valence-electron chi connectivity index (χ3n) is 3.46. The van der Waals surface area contributed by atoms with E-state index in [9.17, 15) is 4.79 Å². The van der Waals surface area contributed by atoms with Gasteiger partial charge in [0.25, 0.3) is 0 Å². The zero-order chi connectivity index (χ0) is 14.4. The predicted molar refractivity (Wildman–Crippen MR) is 87.9 cm³/mol. The highest BCUT2D eigenvalue weighted by molar-refractivity contribution is 9.10. The number of hydrogen-bond acceptors (Lipinski definition) is 2. The number of halogens is 2. The lowest BCUT2D eigenvalue weighted by molar-refractivity contribution is 0.795. The number of benzene rings is 1. The van der Waals surface area contributed by atoms with Gasteiger partial charge in [-0.1, -0.05) is 22.0 Å². The van der Waals surface area contributed by atoms with Crippen LogP contribution in [0.3, 0.4) is 0 Å². The summed E-state index contributed by atoms with van der Waals surface area (Å²) in [6.07, 6.45) is 0. The van der Waals surface area contributed by atoms with Crippen molar-refractivity contribution >= 4 is 49.9 Å². The van der Waals surface area contributed by atoms with Crippen molar-refractivity contribution in [1.29, 1.82) is 0 Å². The van der Waals surface area contributed by atoms with E-state index in [2.05, 4.69) is 15.9 Å². The summed E-state index contributed by atoms with van der Waals surface area (Å²) in [5, 5.41) is 1.79. The van der Waals surface area contributed by atoms with Gasteiger partial charge < -0.3 is 0 Å². The first-order valence-corrected chi connectivity index (χ1v) is 8.14. The van der Waals surface area contributed by atoms with Crippen LogP contribution in [0.15, 0.2) is 38.9 Å². The van der Waals surface area contributed by atoms with Gasteiger partial charge >= 0.3 is 5.69 Å². The van der Waals surface area contributed by atoms with E-state index in [0.29, 0.717) is 0 Å². The Hall–Kier alpha value is -1.04. The largest absolute Gasteiger partial charge is 0.328 e. The number of aryl methyl sites for hydroxylation is 2. The van der Waals surface area contributed by atoms with Crippen LogP contribution in [0.1, 0.15) is 15.8 Å². The Bertz CT molecular complexity index is 835. The number of hydrogen-bond donors (Lipinski definition) is 0. The second-order valence-corrected chi connectivity index (χ2v) is 6.91. The topological polar surface area (TPSA) is 26.9 Å². The zero-order valence-corrected chi connectivity index (χ0v) is 14.1. The minimum Gasteiger partial charge on any atom is -0.295 e. The highest BCUT2D eigenvalue weighted by Gasteiger charge is 2.18. The van der Waals surface area contributed by atoms with Crippen LogP contribution in [0.5, 0.6) is 0 Å². The number of aromatic nitrogens is 2. The van der Waals surface area contributed by atoms with Crippen molar-refractivity contribution in [2.24, 2.45) is 14.1 Å². The van der Waals surface area contributed by atoms with Crippen LogP contribution in [-0.2, 0) is 14.1 Å². The Morgan fingerprint density at radius 3 is 2.50 bits per heavy atom. The van der Waals surface area contributed by atoms with E-state index < -0.39 is 0 Å². The smallest absolute Gasteiger partial charge is 0.295 e. The highest BCUT2D eigenvalue weighted by Crippen LogP contribution is 2.37. The first-order chi connectivity index (χ1) is 9.50. The highest BCUT2D eigenvalue weighted by atomic mass is 79.9. The molecule has 0 aliphatic carbocycles. The van der Waals surface area contributed by atoms with Crippen LogP contribution < -0.4 is 5.69 Å². The maximum atomic E-state index is 12.0. The lowest BCUT2D eigenvalue weighted by Gasteiger charge is -2.11. The van der Waals surface area contributed by atoms with Gasteiger partial charge in [0.05, 0.1) is 16.4 Å². The van der Waals surface area contributed by atoms with Crippen molar-refractivity contribution in [2.45, 2.75) is 5.38 Å². The molecule has 0 aliphatic heterocycles. The molecule has 0 radical (unpaired) electrons. The third kappa shape index (κ3) is 2.05. The summed E-state index contributed by atoms with van der Waals surface area (Å²) >= 11 is 11.8. The van der Waals surface area contributed by atoms with E-state index in [1.807, 2.05) is 29.6 Å². The average Bonchev–Trinajstić information content (AvgIpc) is 3.03. The molecule has 0 aliphatic rings. The molecule has 104 valence electrons. The molecule has 0 saturated carbocycles. The number of thiophene rings is 1. The lowest BCUT2D eigenvalue weighted by Crippen LogP contribution is -2.19. The predicted octanol–water partition coefficient (Wildman–Crippen LogP) is 4.03. The summed E-state index contributed by atoms with van der Waals surface area (Å²) in [6.45, 7) is 0. The number of alkyl halides is 1. The van der Waals surface area contributed by atoms with Crippen LogP contribution in [-0.4, -0.2) is 9.13 Å². The Balaban J connectivity index is 2.25. The fourth-order valence-electron chi connectivity index (χ4n) is 2.32. The van der Waals surface area contributed by atoms with Gasteiger partial charge in [-0.05, 0) is 29.1 Å². The molecule has 6 heteroatoms. The number of fused-ring (bicyclic) bond motifs is 1. The molecule has 1 aromatic carbocycles. The van der Waals surface area contributed by atoms with Crippen molar-refractivity contribution in [1.82, 2.24) is 9.13 Å². The summed E-state index contributed by atoms with van der Waals surface area (Å²) in [6, 6.07) is 7.94. The van der Waals surface area contributed by atoms with Gasteiger partial charge in [0.1, 0.15) is 0 Å². The van der Waals surface area contributed by atoms with Crippen LogP contribution in [0.2, 0.25) is 0 Å². The van der Waals surface area contributed by atoms with Gasteiger partial charge in [-0.25, -0.2) is 4.79 Å². The molecule has 1 atom stereocenters. The number of nitrogens with zero attached hydrogens (tertiary/aromatic N) is 2. The Morgan fingerprint density at radius 1 is 1.25 bits per heavy atom. The molecule has 0 N–H and O–H groups in total. The van der Waals surface area contributed by atoms with Gasteiger partial charge in [-0.2, -0.15) is 0 Å². The van der Waals surface area contributed by atoms with Gasteiger partial charge in [0.2, 0.25) is 0 Å². The second-order valence-electron chi connectivity index (χ2n) is 4.64. The van der Waals surface area contributed by atoms with Gasteiger partial charge in [0, 0.05) is 23.4 Å². The fraction of sp³-hybridized carbons (Fsp3) is 0.214. The molecule has 0 fully saturated rings. The standard InChI is InChI=1S/C14H12BrClN2OS/c1-17-10-6-8(13(16)12-4-3-5-20-12)9(15)7-11(10)18(2)14(17)19/h3-7,13H,1-2H3. The number of imidazole rings is 1. The van der Waals surface area contributed by atoms with E-state index in [4.69, 9.17) is 11.6 Å². The molecule has 1 unspecified atom stereocenters. The van der Waals surface area contributed by atoms with E-state index in [1.54, 1.807) is 34.6 Å². The quantitative estimate of drug-likeness (QED) is 0.625. The van der Waals surface area contributed by atoms with Crippen LogP contribution in [0, 0.1) is 0 Å². The van der Waals surface area contributed by atoms with Gasteiger partial charge in [-0.15, -0.1) is 22.9 Å². The first-order valence-electron chi connectivity index (χ1n) is 6.03. The molecule has 3 aromatic rings. The Kier molecular flexibility index (Phi) is 3.52. The monoisotopic (exact) mass is 370 g/mol. The maximum absolute atomic E-state index is 12.0. The number of rotatable bonds is 2. The SMILES string of the molecule is Cn1c(=O)n(C)c2cc(C(Cl)c3cccs3)c(Br)cc21. The second kappa shape index (κ2) is 5.06. The molecule has 3 rings (SSSR count). The van der Waals surface area contributed by atoms with Crippen molar-refractivity contribution in [3.05, 3.63) is 55.0 Å². The summed E-state index contributed by atoms with van der Waals surface area (Å²) in [5.74, 6) is 0. The van der Waals surface area contributed by atoms with Gasteiger partial charge in [-0.3, -0.25) is 9.13 Å². The molecular weight excluding hydrogens is 360 g/mol. The van der Waals surface area contributed by atoms with Crippen molar-refractivity contribution in [3.8, 4) is 0 Å². The molecule has 20 heavy (non-hydrogen) atoms. The minimum absolute atomic E-state index is 0.0358. The normalized spacial score (nSPS) is 13.0. The molecule has 0 amide bonds. The fourth-order valence-corrected chi connectivity index (χ4v) is 4.14. The Morgan fingerprint density at radius 2 is 1.90 bits per heavy atom. The first kappa shape index (κ1) is 13.9. The van der Waals surface area contributed by atoms with E-state index in [0.717, 1.165) is 25.9 Å². The molecule has 0 saturated heterocycles. The maximum Gasteiger partial charge on any atom is 0.328 e. The van der Waals surface area contributed by atoms with Crippen LogP contribution in [0.4, 0.5) is 0 Å². The van der Waals surface area contributed by atoms with E-state index in [-0.39, 0.29) is 11.1 Å². The Labute approximate surface area is 133 Å². The lowest BCUT2D eigenvalue weighted by atomic mass is 10.1. The summed E-state index contributed by atoms with van der Waals surface area (Å²) in [7, 11) is 3.55. The average molecular weight is 372 g/mol. The summed E-state index contributed by atoms with van der Waals surface area (Å²) < 4.78 is 4.20. The van der Waals surface area contributed by atoms with E-state index in [1.165, 1.54) is 0 Å². The molecule has 3 nitrogen and oxygen atoms in total. The molecule has 2 heterocycles. The third-order valence-corrected chi connectivity index (χ3v) is 5.68. The summed E-state index contributed by atoms with van der Waals surface area (Å²) in [4.78, 5) is 13.1. The summed E-state index contributed by atoms with van der Waals surface area (Å²) in [5.41, 5.74) is 2.72. The van der Waals surface area contributed by atoms with Crippen molar-refractivity contribution in [3.63, 3.8) is 0 Å². The minimum atomic E-state index is -0.218. The zero-order valence-electron chi connectivity index (χ0n) is 10.9. The van der Waals surface area contributed by atoms with Crippen molar-refractivity contribution in [2.75, 3.05) is 0 Å². The molecular formula is C14H12BrClN2OS. The van der Waals surface area contributed by atoms with Crippen LogP contribution >= 0.6 is 38.9 Å². The van der Waals surface area contributed by atoms with E-state index >= 15 is 0 Å². The van der Waals surface area contributed by atoms with Crippen LogP contribution in [0.25, 0.3) is 11.0 Å². The molecule has 0 spiro atoms. The molecule has 0 bridgehead atoms. The van der Waals surface area contributed by atoms with Gasteiger partial charge in [0.15, 0.2) is 0 Å². The van der Waals surface area contributed by atoms with Crippen molar-refractivity contribution < 1.29 is 0 Å².